The number of benzene rings is 2. The van der Waals surface area contributed by atoms with Crippen molar-refractivity contribution in [1.82, 2.24) is 4.98 Å². The number of methoxy groups -OCH3 is 1. The Morgan fingerprint density at radius 3 is 2.59 bits per heavy atom. The highest BCUT2D eigenvalue weighted by Crippen LogP contribution is 2.32. The normalized spacial score (nSPS) is 15.6. The van der Waals surface area contributed by atoms with Crippen molar-refractivity contribution in [1.29, 1.82) is 0 Å². The average molecular weight is 389 g/mol. The van der Waals surface area contributed by atoms with E-state index in [-0.39, 0.29) is 12.6 Å². The van der Waals surface area contributed by atoms with Gasteiger partial charge in [0.2, 0.25) is 0 Å². The first kappa shape index (κ1) is 19.1. The van der Waals surface area contributed by atoms with Gasteiger partial charge in [0.1, 0.15) is 6.61 Å². The van der Waals surface area contributed by atoms with Gasteiger partial charge in [0.15, 0.2) is 0 Å². The molecule has 0 fully saturated rings. The molecule has 0 unspecified atom stereocenters. The molecule has 3 aromatic rings. The van der Waals surface area contributed by atoms with Gasteiger partial charge in [-0.2, -0.15) is 0 Å². The summed E-state index contributed by atoms with van der Waals surface area (Å²) < 4.78 is 10.4. The predicted molar refractivity (Wildman–Crippen MR) is 110 cm³/mol. The third-order valence-electron chi connectivity index (χ3n) is 5.45. The highest BCUT2D eigenvalue weighted by atomic mass is 16.5. The summed E-state index contributed by atoms with van der Waals surface area (Å²) in [5.41, 5.74) is 4.78. The van der Waals surface area contributed by atoms with E-state index in [0.717, 1.165) is 47.0 Å². The van der Waals surface area contributed by atoms with Crippen LogP contribution in [0, 0.1) is 5.92 Å². The zero-order chi connectivity index (χ0) is 20.4. The fourth-order valence-electron chi connectivity index (χ4n) is 3.87. The minimum absolute atomic E-state index is 0.140. The number of hydrogen-bond acceptors (Lipinski definition) is 5. The Bertz CT molecular complexity index is 1070. The number of aryl methyl sites for hydroxylation is 1. The summed E-state index contributed by atoms with van der Waals surface area (Å²) in [7, 11) is 1.35. The van der Waals surface area contributed by atoms with E-state index in [9.17, 15) is 9.59 Å². The predicted octanol–water partition coefficient (Wildman–Crippen LogP) is 4.50. The summed E-state index contributed by atoms with van der Waals surface area (Å²) >= 11 is 0. The number of nitrogens with zero attached hydrogens (tertiary/aromatic N) is 1. The van der Waals surface area contributed by atoms with Crippen LogP contribution in [0.15, 0.2) is 48.5 Å². The molecule has 148 valence electrons. The second-order valence-electron chi connectivity index (χ2n) is 7.54. The van der Waals surface area contributed by atoms with Crippen molar-refractivity contribution in [2.75, 3.05) is 7.11 Å². The van der Waals surface area contributed by atoms with Gasteiger partial charge in [0, 0.05) is 11.1 Å². The molecular weight excluding hydrogens is 366 g/mol. The van der Waals surface area contributed by atoms with E-state index in [2.05, 4.69) is 6.92 Å². The summed E-state index contributed by atoms with van der Waals surface area (Å²) in [6, 6.07) is 14.6. The molecule has 1 heterocycles. The Morgan fingerprint density at radius 1 is 1.07 bits per heavy atom. The Morgan fingerprint density at radius 2 is 1.83 bits per heavy atom. The summed E-state index contributed by atoms with van der Waals surface area (Å²) in [5.74, 6) is -0.202. The minimum atomic E-state index is -0.391. The lowest BCUT2D eigenvalue weighted by atomic mass is 9.84. The molecule has 0 N–H and O–H groups in total. The first-order valence-electron chi connectivity index (χ1n) is 9.81. The van der Waals surface area contributed by atoms with Crippen LogP contribution in [-0.4, -0.2) is 24.0 Å². The van der Waals surface area contributed by atoms with Gasteiger partial charge in [0.25, 0.3) is 0 Å². The third kappa shape index (κ3) is 3.86. The number of aromatic nitrogens is 1. The van der Waals surface area contributed by atoms with Gasteiger partial charge in [-0.1, -0.05) is 37.3 Å². The fourth-order valence-corrected chi connectivity index (χ4v) is 3.87. The van der Waals surface area contributed by atoms with Crippen molar-refractivity contribution in [3.05, 3.63) is 76.5 Å². The molecule has 0 saturated carbocycles. The summed E-state index contributed by atoms with van der Waals surface area (Å²) in [6.45, 7) is 2.34. The Kier molecular flexibility index (Phi) is 5.30. The molecule has 0 aliphatic heterocycles. The maximum atomic E-state index is 13.1. The molecule has 29 heavy (non-hydrogen) atoms. The van der Waals surface area contributed by atoms with E-state index in [1.165, 1.54) is 7.11 Å². The molecule has 5 heteroatoms. The van der Waals surface area contributed by atoms with Crippen LogP contribution in [0.5, 0.6) is 0 Å². The topological polar surface area (TPSA) is 65.5 Å². The molecule has 0 amide bonds. The Hall–Kier alpha value is -3.21. The first-order valence-corrected chi connectivity index (χ1v) is 9.81. The van der Waals surface area contributed by atoms with Crippen LogP contribution in [-0.2, 0) is 28.9 Å². The number of fused-ring (bicyclic) bond motifs is 2. The largest absolute Gasteiger partial charge is 0.465 e. The van der Waals surface area contributed by atoms with E-state index >= 15 is 0 Å². The van der Waals surface area contributed by atoms with Crippen LogP contribution in [0.2, 0.25) is 0 Å². The molecule has 1 aliphatic carbocycles. The van der Waals surface area contributed by atoms with Crippen molar-refractivity contribution in [3.63, 3.8) is 0 Å². The summed E-state index contributed by atoms with van der Waals surface area (Å²) in [4.78, 5) is 29.5. The summed E-state index contributed by atoms with van der Waals surface area (Å²) in [6.07, 6.45) is 2.81. The molecule has 5 nitrogen and oxygen atoms in total. The number of pyridine rings is 1. The maximum absolute atomic E-state index is 13.1. The fraction of sp³-hybridized carbons (Fsp3) is 0.292. The van der Waals surface area contributed by atoms with Gasteiger partial charge in [0.05, 0.1) is 23.8 Å². The molecular formula is C24H23NO4. The average Bonchev–Trinajstić information content (AvgIpc) is 2.75. The lowest BCUT2D eigenvalue weighted by Gasteiger charge is -2.24. The third-order valence-corrected chi connectivity index (χ3v) is 5.45. The van der Waals surface area contributed by atoms with Crippen molar-refractivity contribution in [3.8, 4) is 0 Å². The molecule has 0 bridgehead atoms. The van der Waals surface area contributed by atoms with Gasteiger partial charge >= 0.3 is 11.9 Å². The number of rotatable bonds is 4. The molecule has 0 spiro atoms. The Balaban J connectivity index is 1.61. The van der Waals surface area contributed by atoms with Gasteiger partial charge < -0.3 is 9.47 Å². The van der Waals surface area contributed by atoms with Crippen molar-refractivity contribution >= 4 is 22.8 Å². The van der Waals surface area contributed by atoms with E-state index in [1.54, 1.807) is 24.3 Å². The lowest BCUT2D eigenvalue weighted by molar-refractivity contribution is 0.0471. The first-order chi connectivity index (χ1) is 14.1. The van der Waals surface area contributed by atoms with E-state index in [0.29, 0.717) is 17.0 Å². The SMILES string of the molecule is COC(=O)c1ccc(COC(=O)c2c3c(nc4ccccc24)CC[C@H](C)C3)cc1. The quantitative estimate of drug-likeness (QED) is 0.615. The maximum Gasteiger partial charge on any atom is 0.339 e. The second kappa shape index (κ2) is 8.03. The van der Waals surface area contributed by atoms with E-state index in [4.69, 9.17) is 14.5 Å². The number of para-hydroxylation sites is 1. The highest BCUT2D eigenvalue weighted by Gasteiger charge is 2.26. The number of ether oxygens (including phenoxy) is 2. The highest BCUT2D eigenvalue weighted by molar-refractivity contribution is 6.05. The molecule has 1 aliphatic rings. The van der Waals surface area contributed by atoms with Gasteiger partial charge in [-0.15, -0.1) is 0 Å². The summed E-state index contributed by atoms with van der Waals surface area (Å²) in [5, 5.41) is 0.839. The number of esters is 2. The molecule has 0 radical (unpaired) electrons. The Labute approximate surface area is 169 Å². The molecule has 4 rings (SSSR count). The lowest BCUT2D eigenvalue weighted by Crippen LogP contribution is -2.19. The number of hydrogen-bond donors (Lipinski definition) is 0. The van der Waals surface area contributed by atoms with Crippen LogP contribution < -0.4 is 0 Å². The van der Waals surface area contributed by atoms with Crippen molar-refractivity contribution in [2.45, 2.75) is 32.8 Å². The van der Waals surface area contributed by atoms with Crippen LogP contribution in [0.3, 0.4) is 0 Å². The molecule has 1 atom stereocenters. The van der Waals surface area contributed by atoms with Crippen LogP contribution in [0.25, 0.3) is 10.9 Å². The second-order valence-corrected chi connectivity index (χ2v) is 7.54. The van der Waals surface area contributed by atoms with E-state index < -0.39 is 5.97 Å². The van der Waals surface area contributed by atoms with Gasteiger partial charge in [-0.05, 0) is 54.5 Å². The minimum Gasteiger partial charge on any atom is -0.465 e. The van der Waals surface area contributed by atoms with Crippen molar-refractivity contribution < 1.29 is 19.1 Å². The molecule has 0 saturated heterocycles. The smallest absolute Gasteiger partial charge is 0.339 e. The molecule has 2 aromatic carbocycles. The zero-order valence-corrected chi connectivity index (χ0v) is 16.6. The molecule has 1 aromatic heterocycles. The van der Waals surface area contributed by atoms with Gasteiger partial charge in [-0.3, -0.25) is 4.98 Å². The number of carbonyl (C=O) groups excluding carboxylic acids is 2. The van der Waals surface area contributed by atoms with Crippen molar-refractivity contribution in [2.24, 2.45) is 5.92 Å². The number of carbonyl (C=O) groups is 2. The van der Waals surface area contributed by atoms with Crippen LogP contribution in [0.4, 0.5) is 0 Å². The van der Waals surface area contributed by atoms with E-state index in [1.807, 2.05) is 24.3 Å². The van der Waals surface area contributed by atoms with Gasteiger partial charge in [-0.25, -0.2) is 9.59 Å². The monoisotopic (exact) mass is 389 g/mol. The van der Waals surface area contributed by atoms with Crippen LogP contribution >= 0.6 is 0 Å². The van der Waals surface area contributed by atoms with Crippen LogP contribution in [0.1, 0.15) is 50.9 Å². The standard InChI is InChI=1S/C24H23NO4/c1-15-7-12-21-19(13-15)22(18-5-3-4-6-20(18)25-21)24(27)29-14-16-8-10-17(11-9-16)23(26)28-2/h3-6,8-11,15H,7,12-14H2,1-2H3/t15-/m0/s1. The zero-order valence-electron chi connectivity index (χ0n) is 16.6.